The number of rotatable bonds is 5. The van der Waals surface area contributed by atoms with Gasteiger partial charge >= 0.3 is 0 Å². The summed E-state index contributed by atoms with van der Waals surface area (Å²) < 4.78 is 23.7. The second kappa shape index (κ2) is 6.91. The summed E-state index contributed by atoms with van der Waals surface area (Å²) in [5, 5.41) is 0. The molecule has 1 aliphatic heterocycles. The fraction of sp³-hybridized carbons (Fsp3) is 0.333. The van der Waals surface area contributed by atoms with E-state index in [0.717, 1.165) is 27.1 Å². The third-order valence-corrected chi connectivity index (χ3v) is 4.48. The average molecular weight is 379 g/mol. The first-order chi connectivity index (χ1) is 11.1. The Kier molecular flexibility index (Phi) is 4.90. The minimum absolute atomic E-state index is 0.462. The zero-order valence-corrected chi connectivity index (χ0v) is 14.8. The SMILES string of the molecule is COc1ccc(COc2cccc(Br)c2C2(C)OCCO2)cc1. The Morgan fingerprint density at radius 1 is 1.09 bits per heavy atom. The molecule has 4 nitrogen and oxygen atoms in total. The maximum atomic E-state index is 6.02. The van der Waals surface area contributed by atoms with Gasteiger partial charge in [-0.05, 0) is 36.8 Å². The van der Waals surface area contributed by atoms with Crippen molar-refractivity contribution in [2.75, 3.05) is 20.3 Å². The zero-order valence-electron chi connectivity index (χ0n) is 13.2. The molecule has 122 valence electrons. The standard InChI is InChI=1S/C18H19BrO4/c1-18(22-10-11-23-18)17-15(19)4-3-5-16(17)21-12-13-6-8-14(20-2)9-7-13/h3-9H,10-12H2,1-2H3. The van der Waals surface area contributed by atoms with Crippen LogP contribution in [-0.2, 0) is 21.9 Å². The van der Waals surface area contributed by atoms with Gasteiger partial charge in [-0.2, -0.15) is 0 Å². The summed E-state index contributed by atoms with van der Waals surface area (Å²) in [7, 11) is 1.65. The molecule has 0 saturated carbocycles. The second-order valence-corrected chi connectivity index (χ2v) is 6.25. The van der Waals surface area contributed by atoms with E-state index >= 15 is 0 Å². The largest absolute Gasteiger partial charge is 0.497 e. The topological polar surface area (TPSA) is 36.9 Å². The summed E-state index contributed by atoms with van der Waals surface area (Å²) >= 11 is 3.58. The summed E-state index contributed by atoms with van der Waals surface area (Å²) in [6.07, 6.45) is 0. The Balaban J connectivity index is 1.81. The van der Waals surface area contributed by atoms with E-state index in [1.807, 2.05) is 49.4 Å². The highest BCUT2D eigenvalue weighted by molar-refractivity contribution is 9.10. The highest BCUT2D eigenvalue weighted by atomic mass is 79.9. The van der Waals surface area contributed by atoms with Crippen LogP contribution in [0.5, 0.6) is 11.5 Å². The van der Waals surface area contributed by atoms with Gasteiger partial charge in [0.15, 0.2) is 5.79 Å². The molecule has 0 radical (unpaired) electrons. The maximum Gasteiger partial charge on any atom is 0.196 e. The Labute approximate surface area is 144 Å². The molecule has 0 aliphatic carbocycles. The van der Waals surface area contributed by atoms with E-state index in [9.17, 15) is 0 Å². The van der Waals surface area contributed by atoms with Crippen molar-refractivity contribution in [3.8, 4) is 11.5 Å². The molecule has 1 heterocycles. The molecule has 0 bridgehead atoms. The van der Waals surface area contributed by atoms with Crippen LogP contribution in [0.25, 0.3) is 0 Å². The van der Waals surface area contributed by atoms with Crippen molar-refractivity contribution in [1.29, 1.82) is 0 Å². The summed E-state index contributed by atoms with van der Waals surface area (Å²) in [6, 6.07) is 13.7. The number of hydrogen-bond donors (Lipinski definition) is 0. The quantitative estimate of drug-likeness (QED) is 0.778. The molecule has 1 saturated heterocycles. The van der Waals surface area contributed by atoms with Gasteiger partial charge in [-0.1, -0.05) is 34.1 Å². The lowest BCUT2D eigenvalue weighted by Gasteiger charge is -2.26. The van der Waals surface area contributed by atoms with Crippen molar-refractivity contribution >= 4 is 15.9 Å². The molecular formula is C18H19BrO4. The monoisotopic (exact) mass is 378 g/mol. The second-order valence-electron chi connectivity index (χ2n) is 5.39. The number of hydrogen-bond acceptors (Lipinski definition) is 4. The van der Waals surface area contributed by atoms with E-state index in [0.29, 0.717) is 19.8 Å². The highest BCUT2D eigenvalue weighted by Crippen LogP contribution is 2.41. The lowest BCUT2D eigenvalue weighted by molar-refractivity contribution is -0.151. The van der Waals surface area contributed by atoms with Crippen LogP contribution in [0.15, 0.2) is 46.9 Å². The van der Waals surface area contributed by atoms with Crippen LogP contribution in [0.2, 0.25) is 0 Å². The number of halogens is 1. The minimum atomic E-state index is -0.782. The van der Waals surface area contributed by atoms with Crippen LogP contribution in [0.4, 0.5) is 0 Å². The molecule has 0 aromatic heterocycles. The summed E-state index contributed by atoms with van der Waals surface area (Å²) in [4.78, 5) is 0. The van der Waals surface area contributed by atoms with E-state index in [1.165, 1.54) is 0 Å². The van der Waals surface area contributed by atoms with Crippen molar-refractivity contribution in [2.45, 2.75) is 19.3 Å². The Hall–Kier alpha value is -1.56. The van der Waals surface area contributed by atoms with Gasteiger partial charge in [-0.3, -0.25) is 0 Å². The van der Waals surface area contributed by atoms with E-state index in [4.69, 9.17) is 18.9 Å². The lowest BCUT2D eigenvalue weighted by Crippen LogP contribution is -2.24. The first-order valence-electron chi connectivity index (χ1n) is 7.45. The number of benzene rings is 2. The van der Waals surface area contributed by atoms with Gasteiger partial charge in [0.25, 0.3) is 0 Å². The molecule has 0 unspecified atom stereocenters. The van der Waals surface area contributed by atoms with Crippen LogP contribution in [0, 0.1) is 0 Å². The van der Waals surface area contributed by atoms with Crippen molar-refractivity contribution in [1.82, 2.24) is 0 Å². The fourth-order valence-corrected chi connectivity index (χ4v) is 3.32. The van der Waals surface area contributed by atoms with E-state index in [1.54, 1.807) is 7.11 Å². The first-order valence-corrected chi connectivity index (χ1v) is 8.24. The zero-order chi connectivity index (χ0) is 16.3. The van der Waals surface area contributed by atoms with Crippen molar-refractivity contribution < 1.29 is 18.9 Å². The predicted octanol–water partition coefficient (Wildman–Crippen LogP) is 4.26. The summed E-state index contributed by atoms with van der Waals surface area (Å²) in [6.45, 7) is 3.54. The normalized spacial score (nSPS) is 16.3. The maximum absolute atomic E-state index is 6.02. The van der Waals surface area contributed by atoms with E-state index in [2.05, 4.69) is 15.9 Å². The average Bonchev–Trinajstić information content (AvgIpc) is 3.00. The molecule has 0 amide bonds. The van der Waals surface area contributed by atoms with Crippen molar-refractivity contribution in [3.63, 3.8) is 0 Å². The van der Waals surface area contributed by atoms with Crippen LogP contribution in [-0.4, -0.2) is 20.3 Å². The summed E-state index contributed by atoms with van der Waals surface area (Å²) in [5.74, 6) is 0.798. The molecule has 1 aliphatic rings. The van der Waals surface area contributed by atoms with Gasteiger partial charge in [0.1, 0.15) is 18.1 Å². The van der Waals surface area contributed by atoms with Crippen LogP contribution in [0.3, 0.4) is 0 Å². The van der Waals surface area contributed by atoms with Gasteiger partial charge in [0, 0.05) is 4.47 Å². The Morgan fingerprint density at radius 2 is 1.78 bits per heavy atom. The number of methoxy groups -OCH3 is 1. The molecule has 0 N–H and O–H groups in total. The van der Waals surface area contributed by atoms with Gasteiger partial charge in [0.2, 0.25) is 0 Å². The molecule has 23 heavy (non-hydrogen) atoms. The van der Waals surface area contributed by atoms with E-state index < -0.39 is 5.79 Å². The molecule has 2 aromatic carbocycles. The van der Waals surface area contributed by atoms with Gasteiger partial charge in [-0.15, -0.1) is 0 Å². The third kappa shape index (κ3) is 3.52. The third-order valence-electron chi connectivity index (χ3n) is 3.82. The molecule has 1 fully saturated rings. The van der Waals surface area contributed by atoms with Gasteiger partial charge in [-0.25, -0.2) is 0 Å². The predicted molar refractivity (Wildman–Crippen MR) is 90.7 cm³/mol. The Bertz CT molecular complexity index is 663. The number of ether oxygens (including phenoxy) is 4. The fourth-order valence-electron chi connectivity index (χ4n) is 2.61. The highest BCUT2D eigenvalue weighted by Gasteiger charge is 2.37. The molecule has 5 heteroatoms. The molecular weight excluding hydrogens is 360 g/mol. The van der Waals surface area contributed by atoms with E-state index in [-0.39, 0.29) is 0 Å². The smallest absolute Gasteiger partial charge is 0.196 e. The minimum Gasteiger partial charge on any atom is -0.497 e. The Morgan fingerprint density at radius 3 is 2.43 bits per heavy atom. The van der Waals surface area contributed by atoms with Crippen LogP contribution < -0.4 is 9.47 Å². The lowest BCUT2D eigenvalue weighted by atomic mass is 10.1. The van der Waals surface area contributed by atoms with Gasteiger partial charge in [0.05, 0.1) is 25.9 Å². The van der Waals surface area contributed by atoms with Crippen LogP contribution >= 0.6 is 15.9 Å². The first kappa shape index (κ1) is 16.3. The molecule has 2 aromatic rings. The summed E-state index contributed by atoms with van der Waals surface area (Å²) in [5.41, 5.74) is 1.95. The van der Waals surface area contributed by atoms with Crippen LogP contribution in [0.1, 0.15) is 18.1 Å². The molecule has 3 rings (SSSR count). The molecule has 0 spiro atoms. The van der Waals surface area contributed by atoms with Gasteiger partial charge < -0.3 is 18.9 Å². The van der Waals surface area contributed by atoms with Crippen molar-refractivity contribution in [2.24, 2.45) is 0 Å². The van der Waals surface area contributed by atoms with Crippen molar-refractivity contribution in [3.05, 3.63) is 58.1 Å². The molecule has 0 atom stereocenters.